The van der Waals surface area contributed by atoms with Gasteiger partial charge in [0.2, 0.25) is 0 Å². The van der Waals surface area contributed by atoms with Crippen LogP contribution in [0.15, 0.2) is 6.07 Å². The molecule has 0 aromatic carbocycles. The van der Waals surface area contributed by atoms with Gasteiger partial charge in [-0.15, -0.1) is 0 Å². The lowest BCUT2D eigenvalue weighted by Gasteiger charge is -2.56. The highest BCUT2D eigenvalue weighted by Crippen LogP contribution is 2.57. The van der Waals surface area contributed by atoms with Crippen molar-refractivity contribution in [3.63, 3.8) is 0 Å². The van der Waals surface area contributed by atoms with E-state index >= 15 is 0 Å². The minimum Gasteiger partial charge on any atom is -0.327 e. The Kier molecular flexibility index (Phi) is 3.36. The van der Waals surface area contributed by atoms with E-state index in [0.29, 0.717) is 6.04 Å². The zero-order chi connectivity index (χ0) is 14.6. The molecule has 1 atom stereocenters. The van der Waals surface area contributed by atoms with Crippen molar-refractivity contribution in [1.82, 2.24) is 9.78 Å². The molecule has 1 heterocycles. The Labute approximate surface area is 128 Å². The highest BCUT2D eigenvalue weighted by atomic mass is 15.3. The molecule has 0 radical (unpaired) electrons. The highest BCUT2D eigenvalue weighted by Gasteiger charge is 2.49. The largest absolute Gasteiger partial charge is 0.327 e. The molecular weight excluding hydrogens is 258 g/mol. The van der Waals surface area contributed by atoms with Gasteiger partial charge in [0.15, 0.2) is 0 Å². The van der Waals surface area contributed by atoms with Gasteiger partial charge < -0.3 is 5.73 Å². The average Bonchev–Trinajstić information content (AvgIpc) is 2.77. The number of nitrogens with two attached hydrogens (primary N) is 1. The standard InChI is InChI=1S/C18H29N3/c1-3-21-16(4-11(2)20-21)10-17(19)18-14-6-12-5-13(8-14)9-15(18)7-12/h4,12-15,17-18H,3,5-10,19H2,1-2H3. The molecular formula is C18H29N3. The van der Waals surface area contributed by atoms with E-state index in [1.54, 1.807) is 0 Å². The first-order valence-corrected chi connectivity index (χ1v) is 8.93. The monoisotopic (exact) mass is 287 g/mol. The minimum atomic E-state index is 0.335. The molecule has 2 N–H and O–H groups in total. The van der Waals surface area contributed by atoms with Crippen LogP contribution < -0.4 is 5.73 Å². The van der Waals surface area contributed by atoms with Gasteiger partial charge in [-0.1, -0.05) is 0 Å². The third-order valence-electron chi connectivity index (χ3n) is 6.52. The van der Waals surface area contributed by atoms with Gasteiger partial charge in [0.25, 0.3) is 0 Å². The van der Waals surface area contributed by atoms with Crippen molar-refractivity contribution in [2.45, 2.75) is 65.0 Å². The Hall–Kier alpha value is -0.830. The number of hydrogen-bond acceptors (Lipinski definition) is 2. The maximum Gasteiger partial charge on any atom is 0.0596 e. The van der Waals surface area contributed by atoms with Gasteiger partial charge in [-0.3, -0.25) is 4.68 Å². The first kappa shape index (κ1) is 13.8. The summed E-state index contributed by atoms with van der Waals surface area (Å²) >= 11 is 0. The second-order valence-electron chi connectivity index (χ2n) is 7.97. The summed E-state index contributed by atoms with van der Waals surface area (Å²) in [6, 6.07) is 2.57. The molecule has 4 fully saturated rings. The number of hydrogen-bond donors (Lipinski definition) is 1. The lowest BCUT2D eigenvalue weighted by Crippen LogP contribution is -2.52. The van der Waals surface area contributed by atoms with E-state index in [1.807, 2.05) is 0 Å². The average molecular weight is 287 g/mol. The maximum absolute atomic E-state index is 6.72. The van der Waals surface area contributed by atoms with Gasteiger partial charge in [0.1, 0.15) is 0 Å². The zero-order valence-corrected chi connectivity index (χ0v) is 13.5. The normalized spacial score (nSPS) is 38.9. The first-order chi connectivity index (χ1) is 10.1. The number of aryl methyl sites for hydroxylation is 2. The molecule has 0 spiro atoms. The molecule has 1 aromatic rings. The second kappa shape index (κ2) is 5.12. The lowest BCUT2D eigenvalue weighted by molar-refractivity contribution is -0.0466. The predicted octanol–water partition coefficient (Wildman–Crippen LogP) is 3.15. The Morgan fingerprint density at radius 1 is 1.19 bits per heavy atom. The number of rotatable bonds is 4. The van der Waals surface area contributed by atoms with E-state index in [9.17, 15) is 0 Å². The highest BCUT2D eigenvalue weighted by molar-refractivity contribution is 5.12. The van der Waals surface area contributed by atoms with E-state index in [-0.39, 0.29) is 0 Å². The lowest BCUT2D eigenvalue weighted by atomic mass is 9.50. The van der Waals surface area contributed by atoms with Crippen molar-refractivity contribution in [2.75, 3.05) is 0 Å². The van der Waals surface area contributed by atoms with Gasteiger partial charge >= 0.3 is 0 Å². The van der Waals surface area contributed by atoms with Gasteiger partial charge in [0.05, 0.1) is 5.69 Å². The van der Waals surface area contributed by atoms with Crippen LogP contribution >= 0.6 is 0 Å². The fourth-order valence-corrected chi connectivity index (χ4v) is 6.08. The zero-order valence-electron chi connectivity index (χ0n) is 13.5. The van der Waals surface area contributed by atoms with Crippen LogP contribution in [0.2, 0.25) is 0 Å². The maximum atomic E-state index is 6.72. The fraction of sp³-hybridized carbons (Fsp3) is 0.833. The molecule has 5 rings (SSSR count). The molecule has 3 nitrogen and oxygen atoms in total. The molecule has 1 unspecified atom stereocenters. The second-order valence-corrected chi connectivity index (χ2v) is 7.97. The van der Waals surface area contributed by atoms with Crippen LogP contribution in [0.25, 0.3) is 0 Å². The molecule has 4 saturated carbocycles. The summed E-state index contributed by atoms with van der Waals surface area (Å²) in [5.41, 5.74) is 9.20. The van der Waals surface area contributed by atoms with Gasteiger partial charge in [-0.2, -0.15) is 5.10 Å². The van der Waals surface area contributed by atoms with Crippen LogP contribution in [0, 0.1) is 36.5 Å². The summed E-state index contributed by atoms with van der Waals surface area (Å²) in [4.78, 5) is 0. The third kappa shape index (κ3) is 2.34. The number of aromatic nitrogens is 2. The van der Waals surface area contributed by atoms with Gasteiger partial charge in [-0.05, 0) is 81.6 Å². The molecule has 21 heavy (non-hydrogen) atoms. The van der Waals surface area contributed by atoms with Crippen LogP contribution in [0.1, 0.15) is 50.4 Å². The Morgan fingerprint density at radius 3 is 2.38 bits per heavy atom. The number of nitrogens with zero attached hydrogens (tertiary/aromatic N) is 2. The van der Waals surface area contributed by atoms with Gasteiger partial charge in [0, 0.05) is 24.7 Å². The quantitative estimate of drug-likeness (QED) is 0.924. The minimum absolute atomic E-state index is 0.335. The first-order valence-electron chi connectivity index (χ1n) is 8.93. The van der Waals surface area contributed by atoms with Crippen LogP contribution in [0.5, 0.6) is 0 Å². The van der Waals surface area contributed by atoms with Crippen LogP contribution in [0.4, 0.5) is 0 Å². The van der Waals surface area contributed by atoms with E-state index in [2.05, 4.69) is 29.7 Å². The topological polar surface area (TPSA) is 43.8 Å². The molecule has 4 aliphatic carbocycles. The Balaban J connectivity index is 1.51. The summed E-state index contributed by atoms with van der Waals surface area (Å²) < 4.78 is 2.14. The van der Waals surface area contributed by atoms with Crippen molar-refractivity contribution in [3.05, 3.63) is 17.5 Å². The third-order valence-corrected chi connectivity index (χ3v) is 6.52. The van der Waals surface area contributed by atoms with E-state index < -0.39 is 0 Å². The SMILES string of the molecule is CCn1nc(C)cc1CC(N)C1C2CC3CC(C2)CC1C3. The van der Waals surface area contributed by atoms with Crippen LogP contribution in [-0.2, 0) is 13.0 Å². The molecule has 0 amide bonds. The summed E-state index contributed by atoms with van der Waals surface area (Å²) in [6.45, 7) is 5.21. The van der Waals surface area contributed by atoms with Crippen molar-refractivity contribution in [1.29, 1.82) is 0 Å². The molecule has 4 aliphatic rings. The fourth-order valence-electron chi connectivity index (χ4n) is 6.08. The molecule has 116 valence electrons. The summed E-state index contributed by atoms with van der Waals surface area (Å²) in [5, 5.41) is 4.58. The summed E-state index contributed by atoms with van der Waals surface area (Å²) in [6.07, 6.45) is 8.42. The van der Waals surface area contributed by atoms with Crippen molar-refractivity contribution in [3.8, 4) is 0 Å². The summed E-state index contributed by atoms with van der Waals surface area (Å²) in [5.74, 6) is 4.71. The van der Waals surface area contributed by atoms with Crippen LogP contribution in [0.3, 0.4) is 0 Å². The Morgan fingerprint density at radius 2 is 1.81 bits per heavy atom. The molecule has 0 saturated heterocycles. The van der Waals surface area contributed by atoms with Crippen molar-refractivity contribution < 1.29 is 0 Å². The van der Waals surface area contributed by atoms with Gasteiger partial charge in [-0.25, -0.2) is 0 Å². The Bertz CT molecular complexity index is 491. The van der Waals surface area contributed by atoms with E-state index in [1.165, 1.54) is 37.8 Å². The summed E-state index contributed by atoms with van der Waals surface area (Å²) in [7, 11) is 0. The smallest absolute Gasteiger partial charge is 0.0596 e. The predicted molar refractivity (Wildman–Crippen MR) is 84.9 cm³/mol. The molecule has 0 aliphatic heterocycles. The van der Waals surface area contributed by atoms with E-state index in [0.717, 1.165) is 48.2 Å². The van der Waals surface area contributed by atoms with Crippen molar-refractivity contribution >= 4 is 0 Å². The van der Waals surface area contributed by atoms with E-state index in [4.69, 9.17) is 5.73 Å². The van der Waals surface area contributed by atoms with Crippen molar-refractivity contribution in [2.24, 2.45) is 35.3 Å². The molecule has 3 heteroatoms. The van der Waals surface area contributed by atoms with Crippen LogP contribution in [-0.4, -0.2) is 15.8 Å². The molecule has 4 bridgehead atoms. The molecule has 1 aromatic heterocycles.